The number of amides is 1. The highest BCUT2D eigenvalue weighted by Gasteiger charge is 2.30. The van der Waals surface area contributed by atoms with Gasteiger partial charge in [0.15, 0.2) is 5.13 Å². The van der Waals surface area contributed by atoms with E-state index < -0.39 is 0 Å². The Kier molecular flexibility index (Phi) is 4.86. The number of aryl methyl sites for hydroxylation is 1. The van der Waals surface area contributed by atoms with E-state index in [-0.39, 0.29) is 5.91 Å². The van der Waals surface area contributed by atoms with E-state index in [0.717, 1.165) is 23.5 Å². The second kappa shape index (κ2) is 6.89. The van der Waals surface area contributed by atoms with Gasteiger partial charge in [-0.25, -0.2) is 4.98 Å². The highest BCUT2D eigenvalue weighted by molar-refractivity contribution is 7.15. The van der Waals surface area contributed by atoms with Gasteiger partial charge in [0.25, 0.3) is 0 Å². The van der Waals surface area contributed by atoms with Gasteiger partial charge in [0, 0.05) is 11.0 Å². The van der Waals surface area contributed by atoms with E-state index in [4.69, 9.17) is 0 Å². The largest absolute Gasteiger partial charge is 0.298 e. The summed E-state index contributed by atoms with van der Waals surface area (Å²) in [6.45, 7) is 6.92. The molecule has 2 aromatic rings. The Morgan fingerprint density at radius 3 is 2.75 bits per heavy atom. The van der Waals surface area contributed by atoms with Gasteiger partial charge in [-0.2, -0.15) is 0 Å². The first kappa shape index (κ1) is 16.9. The fourth-order valence-electron chi connectivity index (χ4n) is 3.05. The summed E-state index contributed by atoms with van der Waals surface area (Å²) in [6, 6.07) is 9.82. The Hall–Kier alpha value is -1.94. The van der Waals surface area contributed by atoms with Gasteiger partial charge < -0.3 is 0 Å². The van der Waals surface area contributed by atoms with Crippen LogP contribution in [0.3, 0.4) is 0 Å². The number of anilines is 1. The molecule has 0 saturated heterocycles. The molecule has 4 heteroatoms. The predicted octanol–water partition coefficient (Wildman–Crippen LogP) is 4.95. The van der Waals surface area contributed by atoms with Gasteiger partial charge in [-0.3, -0.25) is 10.1 Å². The summed E-state index contributed by atoms with van der Waals surface area (Å²) < 4.78 is 0. The molecule has 1 aliphatic carbocycles. The highest BCUT2D eigenvalue weighted by atomic mass is 32.1. The van der Waals surface area contributed by atoms with Gasteiger partial charge in [0.05, 0.1) is 5.69 Å². The molecule has 0 saturated carbocycles. The Morgan fingerprint density at radius 2 is 2.04 bits per heavy atom. The number of fused-ring (bicyclic) bond motifs is 1. The number of nitrogens with zero attached hydrogens (tertiary/aromatic N) is 1. The lowest BCUT2D eigenvalue weighted by Gasteiger charge is -2.33. The zero-order chi connectivity index (χ0) is 17.2. The van der Waals surface area contributed by atoms with Crippen LogP contribution >= 0.6 is 11.3 Å². The maximum absolute atomic E-state index is 12.1. The fraction of sp³-hybridized carbons (Fsp3) is 0.400. The van der Waals surface area contributed by atoms with Crippen LogP contribution in [-0.2, 0) is 17.6 Å². The van der Waals surface area contributed by atoms with Crippen molar-refractivity contribution in [2.75, 3.05) is 5.32 Å². The van der Waals surface area contributed by atoms with Gasteiger partial charge in [-0.05, 0) is 42.2 Å². The average molecular weight is 340 g/mol. The van der Waals surface area contributed by atoms with Crippen molar-refractivity contribution in [3.05, 3.63) is 52.5 Å². The third kappa shape index (κ3) is 4.12. The maximum atomic E-state index is 12.1. The lowest BCUT2D eigenvalue weighted by molar-refractivity contribution is -0.111. The third-order valence-electron chi connectivity index (χ3n) is 4.62. The van der Waals surface area contributed by atoms with Crippen LogP contribution in [0, 0.1) is 11.3 Å². The second-order valence-corrected chi connectivity index (χ2v) is 8.51. The average Bonchev–Trinajstić information content (AvgIpc) is 2.94. The molecule has 1 unspecified atom stereocenters. The Balaban J connectivity index is 1.64. The molecule has 0 spiro atoms. The van der Waals surface area contributed by atoms with Crippen molar-refractivity contribution >= 4 is 28.5 Å². The number of nitrogens with one attached hydrogen (secondary N) is 1. The lowest BCUT2D eigenvalue weighted by atomic mass is 9.73. The number of carbonyl (C=O) groups excluding carboxylic acids is 1. The molecule has 1 heterocycles. The van der Waals surface area contributed by atoms with E-state index in [1.807, 2.05) is 36.4 Å². The minimum absolute atomic E-state index is 0.127. The number of hydrogen-bond donors (Lipinski definition) is 1. The van der Waals surface area contributed by atoms with E-state index >= 15 is 0 Å². The summed E-state index contributed by atoms with van der Waals surface area (Å²) in [7, 11) is 0. The van der Waals surface area contributed by atoms with Crippen molar-refractivity contribution in [3.63, 3.8) is 0 Å². The molecule has 1 atom stereocenters. The van der Waals surface area contributed by atoms with Gasteiger partial charge >= 0.3 is 0 Å². The monoisotopic (exact) mass is 340 g/mol. The molecule has 0 aliphatic heterocycles. The van der Waals surface area contributed by atoms with Gasteiger partial charge in [-0.1, -0.05) is 51.1 Å². The van der Waals surface area contributed by atoms with Crippen molar-refractivity contribution in [2.45, 2.75) is 40.0 Å². The molecular formula is C20H24N2OS. The molecule has 0 radical (unpaired) electrons. The zero-order valence-corrected chi connectivity index (χ0v) is 15.3. The van der Waals surface area contributed by atoms with Crippen molar-refractivity contribution in [2.24, 2.45) is 11.3 Å². The Bertz CT molecular complexity index is 741. The summed E-state index contributed by atoms with van der Waals surface area (Å²) >= 11 is 1.63. The van der Waals surface area contributed by atoms with Crippen molar-refractivity contribution in [1.82, 2.24) is 4.98 Å². The molecule has 1 aromatic carbocycles. The van der Waals surface area contributed by atoms with Crippen LogP contribution in [0.25, 0.3) is 6.08 Å². The minimum Gasteiger partial charge on any atom is -0.298 e. The van der Waals surface area contributed by atoms with Gasteiger partial charge in [-0.15, -0.1) is 11.3 Å². The van der Waals surface area contributed by atoms with Crippen LogP contribution in [0.1, 0.15) is 43.3 Å². The van der Waals surface area contributed by atoms with E-state index in [1.54, 1.807) is 17.4 Å². The first-order valence-corrected chi connectivity index (χ1v) is 9.26. The summed E-state index contributed by atoms with van der Waals surface area (Å²) in [5.41, 5.74) is 2.51. The van der Waals surface area contributed by atoms with Crippen LogP contribution in [0.2, 0.25) is 0 Å². The van der Waals surface area contributed by atoms with Crippen LogP contribution in [0.4, 0.5) is 5.13 Å². The first-order valence-electron chi connectivity index (χ1n) is 8.44. The molecule has 24 heavy (non-hydrogen) atoms. The first-order chi connectivity index (χ1) is 11.4. The quantitative estimate of drug-likeness (QED) is 0.804. The molecule has 126 valence electrons. The number of thiazole rings is 1. The molecule has 3 nitrogen and oxygen atoms in total. The standard InChI is InChI=1S/C20H24N2OS/c1-20(2,3)15-10-11-16-17(13-15)24-19(21-16)22-18(23)12-9-14-7-5-4-6-8-14/h4-9,12,15H,10-11,13H2,1-3H3,(H,21,22,23)/b12-9+. The van der Waals surface area contributed by atoms with Crippen LogP contribution in [0.5, 0.6) is 0 Å². The van der Waals surface area contributed by atoms with Crippen molar-refractivity contribution < 1.29 is 4.79 Å². The smallest absolute Gasteiger partial charge is 0.250 e. The Morgan fingerprint density at radius 1 is 1.29 bits per heavy atom. The van der Waals surface area contributed by atoms with Crippen molar-refractivity contribution in [1.29, 1.82) is 0 Å². The lowest BCUT2D eigenvalue weighted by Crippen LogP contribution is -2.26. The van der Waals surface area contributed by atoms with Gasteiger partial charge in [0.1, 0.15) is 0 Å². The van der Waals surface area contributed by atoms with Crippen molar-refractivity contribution in [3.8, 4) is 0 Å². The molecule has 0 fully saturated rings. The van der Waals surface area contributed by atoms with E-state index in [0.29, 0.717) is 11.3 Å². The number of aromatic nitrogens is 1. The molecule has 1 amide bonds. The number of carbonyl (C=O) groups is 1. The van der Waals surface area contributed by atoms with E-state index in [1.165, 1.54) is 17.0 Å². The minimum atomic E-state index is -0.127. The normalized spacial score (nSPS) is 17.7. The molecule has 1 aromatic heterocycles. The zero-order valence-electron chi connectivity index (χ0n) is 14.5. The molecular weight excluding hydrogens is 316 g/mol. The van der Waals surface area contributed by atoms with Crippen LogP contribution < -0.4 is 5.32 Å². The summed E-state index contributed by atoms with van der Waals surface area (Å²) in [5.74, 6) is 0.560. The number of rotatable bonds is 3. The summed E-state index contributed by atoms with van der Waals surface area (Å²) in [5, 5.41) is 3.62. The highest BCUT2D eigenvalue weighted by Crippen LogP contribution is 2.40. The predicted molar refractivity (Wildman–Crippen MR) is 101 cm³/mol. The maximum Gasteiger partial charge on any atom is 0.250 e. The molecule has 1 aliphatic rings. The van der Waals surface area contributed by atoms with Gasteiger partial charge in [0.2, 0.25) is 5.91 Å². The van der Waals surface area contributed by atoms with Crippen LogP contribution in [-0.4, -0.2) is 10.9 Å². The number of benzene rings is 1. The molecule has 1 N–H and O–H groups in total. The Labute approximate surface area is 147 Å². The molecule has 0 bridgehead atoms. The third-order valence-corrected chi connectivity index (χ3v) is 5.66. The second-order valence-electron chi connectivity index (χ2n) is 7.43. The SMILES string of the molecule is CC(C)(C)C1CCc2nc(NC(=O)/C=C/c3ccccc3)sc2C1. The summed E-state index contributed by atoms with van der Waals surface area (Å²) in [6.07, 6.45) is 6.66. The fourth-order valence-corrected chi connectivity index (χ4v) is 4.14. The summed E-state index contributed by atoms with van der Waals surface area (Å²) in [4.78, 5) is 18.0. The topological polar surface area (TPSA) is 42.0 Å². The molecule has 3 rings (SSSR count). The van der Waals surface area contributed by atoms with E-state index in [2.05, 4.69) is 31.1 Å². The van der Waals surface area contributed by atoms with Crippen LogP contribution in [0.15, 0.2) is 36.4 Å². The number of hydrogen-bond acceptors (Lipinski definition) is 3. The van der Waals surface area contributed by atoms with E-state index in [9.17, 15) is 4.79 Å².